The van der Waals surface area contributed by atoms with E-state index in [9.17, 15) is 9.90 Å². The van der Waals surface area contributed by atoms with Gasteiger partial charge in [0.05, 0.1) is 0 Å². The van der Waals surface area contributed by atoms with Crippen molar-refractivity contribution in [2.75, 3.05) is 11.7 Å². The van der Waals surface area contributed by atoms with Gasteiger partial charge in [-0.15, -0.1) is 5.10 Å². The summed E-state index contributed by atoms with van der Waals surface area (Å²) in [7, 11) is 0. The summed E-state index contributed by atoms with van der Waals surface area (Å²) in [6, 6.07) is 1.38. The molecule has 1 aliphatic heterocycles. The maximum atomic E-state index is 11.2. The first-order valence-corrected chi connectivity index (χ1v) is 3.61. The van der Waals surface area contributed by atoms with Crippen molar-refractivity contribution in [1.29, 1.82) is 0 Å². The fourth-order valence-electron chi connectivity index (χ4n) is 1.06. The van der Waals surface area contributed by atoms with E-state index in [1.54, 1.807) is 0 Å². The van der Waals surface area contributed by atoms with Gasteiger partial charge in [-0.25, -0.2) is 5.01 Å². The Morgan fingerprint density at radius 2 is 2.54 bits per heavy atom. The minimum atomic E-state index is -0.400. The van der Waals surface area contributed by atoms with Crippen molar-refractivity contribution < 1.29 is 9.84 Å². The molecule has 0 amide bonds. The first kappa shape index (κ1) is 7.66. The average Bonchev–Trinajstić information content (AvgIpc) is 2.57. The molecule has 2 heterocycles. The monoisotopic (exact) mass is 181 g/mol. The highest BCUT2D eigenvalue weighted by molar-refractivity contribution is 5.60. The largest absolute Gasteiger partial charge is 0.505 e. The molecular formula is C7H7N3O3. The lowest BCUT2D eigenvalue weighted by atomic mass is 10.4. The highest BCUT2D eigenvalue weighted by Crippen LogP contribution is 2.22. The van der Waals surface area contributed by atoms with Crippen LogP contribution in [0.1, 0.15) is 0 Å². The van der Waals surface area contributed by atoms with Crippen molar-refractivity contribution in [3.8, 4) is 5.75 Å². The molecule has 0 aromatic carbocycles. The summed E-state index contributed by atoms with van der Waals surface area (Å²) < 4.78 is 4.79. The number of aromatic nitrogens is 1. The van der Waals surface area contributed by atoms with Crippen molar-refractivity contribution in [3.63, 3.8) is 0 Å². The molecule has 2 rings (SSSR count). The number of hydrazone groups is 1. The number of anilines is 1. The zero-order valence-corrected chi connectivity index (χ0v) is 6.60. The van der Waals surface area contributed by atoms with E-state index in [-0.39, 0.29) is 18.2 Å². The zero-order valence-electron chi connectivity index (χ0n) is 6.60. The first-order valence-electron chi connectivity index (χ1n) is 3.61. The van der Waals surface area contributed by atoms with Crippen LogP contribution in [0.5, 0.6) is 5.75 Å². The number of aromatic amines is 1. The molecule has 0 atom stereocenters. The lowest BCUT2D eigenvalue weighted by Gasteiger charge is -2.10. The van der Waals surface area contributed by atoms with E-state index in [1.165, 1.54) is 23.7 Å². The number of nitrogens with one attached hydrogen (secondary N) is 1. The molecule has 1 aromatic heterocycles. The smallest absolute Gasteiger partial charge is 0.277 e. The van der Waals surface area contributed by atoms with Gasteiger partial charge < -0.3 is 14.8 Å². The Kier molecular flexibility index (Phi) is 1.66. The number of hydrogen-bond donors (Lipinski definition) is 2. The molecule has 2 N–H and O–H groups in total. The Bertz CT molecular complexity index is 398. The third-order valence-corrected chi connectivity index (χ3v) is 1.63. The van der Waals surface area contributed by atoms with Crippen LogP contribution in [0.4, 0.5) is 5.69 Å². The predicted molar refractivity (Wildman–Crippen MR) is 45.7 cm³/mol. The number of nitrogens with zero attached hydrogens (tertiary/aromatic N) is 2. The lowest BCUT2D eigenvalue weighted by Crippen LogP contribution is -2.22. The van der Waals surface area contributed by atoms with Crippen LogP contribution in [0.25, 0.3) is 0 Å². The van der Waals surface area contributed by atoms with Crippen LogP contribution < -0.4 is 10.6 Å². The topological polar surface area (TPSA) is 77.9 Å². The summed E-state index contributed by atoms with van der Waals surface area (Å²) >= 11 is 0. The third kappa shape index (κ3) is 1.22. The molecule has 1 aromatic rings. The van der Waals surface area contributed by atoms with E-state index in [0.29, 0.717) is 0 Å². The molecule has 0 fully saturated rings. The molecular weight excluding hydrogens is 174 g/mol. The zero-order chi connectivity index (χ0) is 9.26. The van der Waals surface area contributed by atoms with E-state index in [1.807, 2.05) is 0 Å². The third-order valence-electron chi connectivity index (χ3n) is 1.63. The Hall–Kier alpha value is -1.98. The van der Waals surface area contributed by atoms with Gasteiger partial charge in [0, 0.05) is 6.20 Å². The second-order valence-electron chi connectivity index (χ2n) is 2.46. The van der Waals surface area contributed by atoms with E-state index in [2.05, 4.69) is 10.1 Å². The number of rotatable bonds is 1. The van der Waals surface area contributed by atoms with Gasteiger partial charge in [0.15, 0.2) is 18.8 Å². The molecule has 0 radical (unpaired) electrons. The number of aromatic hydroxyl groups is 1. The lowest BCUT2D eigenvalue weighted by molar-refractivity contribution is 0.347. The van der Waals surface area contributed by atoms with Crippen LogP contribution in [0.15, 0.2) is 22.2 Å². The molecule has 0 aliphatic carbocycles. The molecule has 0 saturated heterocycles. The molecule has 6 heteroatoms. The fourth-order valence-corrected chi connectivity index (χ4v) is 1.06. The fraction of sp³-hybridized carbons (Fsp3) is 0.143. The Balaban J connectivity index is 2.49. The second-order valence-corrected chi connectivity index (χ2v) is 2.46. The molecule has 0 unspecified atom stereocenters. The Labute approximate surface area is 73.1 Å². The van der Waals surface area contributed by atoms with Crippen molar-refractivity contribution in [2.24, 2.45) is 5.10 Å². The minimum Gasteiger partial charge on any atom is -0.505 e. The summed E-state index contributed by atoms with van der Waals surface area (Å²) in [4.78, 5) is 13.7. The molecule has 0 saturated carbocycles. The van der Waals surface area contributed by atoms with Crippen molar-refractivity contribution >= 4 is 12.1 Å². The van der Waals surface area contributed by atoms with Crippen LogP contribution in [0, 0.1) is 0 Å². The number of hydrogen-bond acceptors (Lipinski definition) is 5. The molecule has 68 valence electrons. The van der Waals surface area contributed by atoms with Crippen LogP contribution in [0.3, 0.4) is 0 Å². The van der Waals surface area contributed by atoms with Gasteiger partial charge in [-0.2, -0.15) is 0 Å². The van der Waals surface area contributed by atoms with Crippen LogP contribution in [0.2, 0.25) is 0 Å². The van der Waals surface area contributed by atoms with Gasteiger partial charge in [0.2, 0.25) is 0 Å². The van der Waals surface area contributed by atoms with Gasteiger partial charge in [0.25, 0.3) is 5.56 Å². The van der Waals surface area contributed by atoms with Crippen molar-refractivity contribution in [1.82, 2.24) is 4.98 Å². The van der Waals surface area contributed by atoms with Gasteiger partial charge in [-0.1, -0.05) is 0 Å². The van der Waals surface area contributed by atoms with E-state index in [0.717, 1.165) is 0 Å². The summed E-state index contributed by atoms with van der Waals surface area (Å²) in [5, 5.41) is 14.4. The van der Waals surface area contributed by atoms with E-state index >= 15 is 0 Å². The molecule has 13 heavy (non-hydrogen) atoms. The normalized spacial score (nSPS) is 14.6. The van der Waals surface area contributed by atoms with Gasteiger partial charge in [-0.05, 0) is 6.07 Å². The SMILES string of the molecule is O=c1[nH]ccc(O)c1N1COC=N1. The molecule has 6 nitrogen and oxygen atoms in total. The Morgan fingerprint density at radius 1 is 1.69 bits per heavy atom. The van der Waals surface area contributed by atoms with Crippen LogP contribution in [-0.2, 0) is 4.74 Å². The Morgan fingerprint density at radius 3 is 3.15 bits per heavy atom. The van der Waals surface area contributed by atoms with Crippen molar-refractivity contribution in [2.45, 2.75) is 0 Å². The summed E-state index contributed by atoms with van der Waals surface area (Å²) in [6.45, 7) is 0.140. The predicted octanol–water partition coefficient (Wildman–Crippen LogP) is -0.182. The number of ether oxygens (including phenoxy) is 1. The summed E-state index contributed by atoms with van der Waals surface area (Å²) in [6.07, 6.45) is 2.58. The number of pyridine rings is 1. The van der Waals surface area contributed by atoms with Crippen molar-refractivity contribution in [3.05, 3.63) is 22.6 Å². The summed E-state index contributed by atoms with van der Waals surface area (Å²) in [5.74, 6) is -0.119. The van der Waals surface area contributed by atoms with Gasteiger partial charge in [-0.3, -0.25) is 4.79 Å². The maximum absolute atomic E-state index is 11.2. The van der Waals surface area contributed by atoms with E-state index in [4.69, 9.17) is 4.74 Å². The first-order chi connectivity index (χ1) is 6.29. The van der Waals surface area contributed by atoms with Crippen LogP contribution in [-0.4, -0.2) is 23.2 Å². The van der Waals surface area contributed by atoms with Gasteiger partial charge in [0.1, 0.15) is 5.75 Å². The van der Waals surface area contributed by atoms with Crippen LogP contribution >= 0.6 is 0 Å². The minimum absolute atomic E-state index is 0.0938. The summed E-state index contributed by atoms with van der Waals surface area (Å²) in [5.41, 5.74) is -0.307. The average molecular weight is 181 g/mol. The van der Waals surface area contributed by atoms with Gasteiger partial charge >= 0.3 is 0 Å². The maximum Gasteiger partial charge on any atom is 0.277 e. The molecule has 0 bridgehead atoms. The highest BCUT2D eigenvalue weighted by atomic mass is 16.5. The molecule has 1 aliphatic rings. The quantitative estimate of drug-likeness (QED) is 0.629. The second kappa shape index (κ2) is 2.81. The van der Waals surface area contributed by atoms with E-state index < -0.39 is 5.56 Å². The molecule has 0 spiro atoms. The number of H-pyrrole nitrogens is 1. The standard InChI is InChI=1S/C7H7N3O3/c11-5-1-2-8-7(12)6(5)10-4-13-3-9-10/h1-3H,4H2,(H2,8,11,12). The highest BCUT2D eigenvalue weighted by Gasteiger charge is 2.17.